The van der Waals surface area contributed by atoms with Crippen molar-refractivity contribution in [1.82, 2.24) is 15.1 Å². The zero-order chi connectivity index (χ0) is 20.5. The molecule has 29 heavy (non-hydrogen) atoms. The van der Waals surface area contributed by atoms with Gasteiger partial charge in [0.25, 0.3) is 0 Å². The third-order valence-electron chi connectivity index (χ3n) is 5.68. The Labute approximate surface area is 172 Å². The van der Waals surface area contributed by atoms with Crippen molar-refractivity contribution in [1.29, 1.82) is 0 Å². The first-order chi connectivity index (χ1) is 14.1. The van der Waals surface area contributed by atoms with Crippen LogP contribution in [0, 0.1) is 5.92 Å². The number of urea groups is 1. The molecule has 2 aliphatic rings. The summed E-state index contributed by atoms with van der Waals surface area (Å²) in [5.74, 6) is 0.0654. The molecule has 2 saturated heterocycles. The Hall–Kier alpha value is -2.57. The van der Waals surface area contributed by atoms with Crippen molar-refractivity contribution in [3.63, 3.8) is 0 Å². The van der Waals surface area contributed by atoms with E-state index in [0.717, 1.165) is 50.8 Å². The van der Waals surface area contributed by atoms with Gasteiger partial charge in [0, 0.05) is 44.8 Å². The molecular formula is C22H32N4O3. The number of benzene rings is 1. The molecule has 3 rings (SSSR count). The van der Waals surface area contributed by atoms with E-state index in [1.54, 1.807) is 4.90 Å². The van der Waals surface area contributed by atoms with Crippen LogP contribution in [-0.2, 0) is 9.59 Å². The Kier molecular flexibility index (Phi) is 7.90. The predicted octanol–water partition coefficient (Wildman–Crippen LogP) is 2.84. The lowest BCUT2D eigenvalue weighted by Crippen LogP contribution is -2.47. The average molecular weight is 401 g/mol. The summed E-state index contributed by atoms with van der Waals surface area (Å²) in [6.07, 6.45) is 6.21. The van der Waals surface area contributed by atoms with E-state index in [0.29, 0.717) is 32.6 Å². The third-order valence-corrected chi connectivity index (χ3v) is 5.68. The van der Waals surface area contributed by atoms with Crippen molar-refractivity contribution < 1.29 is 14.4 Å². The molecule has 0 bridgehead atoms. The van der Waals surface area contributed by atoms with Crippen LogP contribution in [0.4, 0.5) is 10.5 Å². The van der Waals surface area contributed by atoms with Gasteiger partial charge in [-0.3, -0.25) is 9.59 Å². The highest BCUT2D eigenvalue weighted by molar-refractivity contribution is 5.90. The van der Waals surface area contributed by atoms with Gasteiger partial charge in [-0.15, -0.1) is 0 Å². The quantitative estimate of drug-likeness (QED) is 0.721. The monoisotopic (exact) mass is 400 g/mol. The minimum atomic E-state index is -0.176. The number of likely N-dealkylation sites (tertiary alicyclic amines) is 2. The number of carbonyl (C=O) groups excluding carboxylic acids is 3. The second kappa shape index (κ2) is 10.8. The number of piperidine rings is 1. The highest BCUT2D eigenvalue weighted by Gasteiger charge is 2.28. The smallest absolute Gasteiger partial charge is 0.321 e. The summed E-state index contributed by atoms with van der Waals surface area (Å²) in [5, 5.41) is 5.88. The van der Waals surface area contributed by atoms with Crippen molar-refractivity contribution in [2.45, 2.75) is 44.9 Å². The van der Waals surface area contributed by atoms with E-state index in [9.17, 15) is 14.4 Å². The normalized spacial score (nSPS) is 20.1. The minimum absolute atomic E-state index is 0.00408. The molecule has 2 aliphatic heterocycles. The number of para-hydroxylation sites is 1. The molecule has 4 amide bonds. The third kappa shape index (κ3) is 6.48. The summed E-state index contributed by atoms with van der Waals surface area (Å²) >= 11 is 0. The maximum Gasteiger partial charge on any atom is 0.321 e. The molecule has 158 valence electrons. The summed E-state index contributed by atoms with van der Waals surface area (Å²) in [4.78, 5) is 40.7. The number of rotatable bonds is 6. The number of carbonyl (C=O) groups is 3. The largest absolute Gasteiger partial charge is 0.356 e. The van der Waals surface area contributed by atoms with Crippen LogP contribution >= 0.6 is 0 Å². The first-order valence-electron chi connectivity index (χ1n) is 10.8. The lowest BCUT2D eigenvalue weighted by molar-refractivity contribution is -0.130. The van der Waals surface area contributed by atoms with E-state index in [1.165, 1.54) is 0 Å². The Morgan fingerprint density at radius 1 is 1.03 bits per heavy atom. The molecule has 0 saturated carbocycles. The number of amides is 4. The van der Waals surface area contributed by atoms with Crippen LogP contribution in [0.15, 0.2) is 30.3 Å². The maximum absolute atomic E-state index is 12.5. The van der Waals surface area contributed by atoms with E-state index in [1.807, 2.05) is 35.2 Å². The van der Waals surface area contributed by atoms with Crippen LogP contribution in [0.25, 0.3) is 0 Å². The topological polar surface area (TPSA) is 81.8 Å². The molecule has 1 aromatic carbocycles. The van der Waals surface area contributed by atoms with Gasteiger partial charge in [0.05, 0.1) is 5.92 Å². The number of anilines is 1. The zero-order valence-corrected chi connectivity index (χ0v) is 17.1. The second-order valence-electron chi connectivity index (χ2n) is 7.92. The Bertz CT molecular complexity index is 695. The highest BCUT2D eigenvalue weighted by atomic mass is 16.2. The van der Waals surface area contributed by atoms with Crippen LogP contribution in [0.1, 0.15) is 44.9 Å². The molecule has 2 N–H and O–H groups in total. The molecule has 0 aromatic heterocycles. The summed E-state index contributed by atoms with van der Waals surface area (Å²) in [6.45, 7) is 3.21. The second-order valence-corrected chi connectivity index (χ2v) is 7.92. The summed E-state index contributed by atoms with van der Waals surface area (Å²) in [6, 6.07) is 9.19. The Balaban J connectivity index is 1.39. The summed E-state index contributed by atoms with van der Waals surface area (Å²) in [5.41, 5.74) is 0.757. The molecule has 1 aromatic rings. The van der Waals surface area contributed by atoms with Crippen LogP contribution < -0.4 is 10.6 Å². The first kappa shape index (κ1) is 21.1. The van der Waals surface area contributed by atoms with E-state index in [4.69, 9.17) is 0 Å². The lowest BCUT2D eigenvalue weighted by Gasteiger charge is -2.32. The highest BCUT2D eigenvalue weighted by Crippen LogP contribution is 2.18. The minimum Gasteiger partial charge on any atom is -0.356 e. The van der Waals surface area contributed by atoms with Gasteiger partial charge in [-0.05, 0) is 44.2 Å². The molecule has 0 aliphatic carbocycles. The van der Waals surface area contributed by atoms with Crippen molar-refractivity contribution in [3.05, 3.63) is 30.3 Å². The van der Waals surface area contributed by atoms with Crippen molar-refractivity contribution in [2.75, 3.05) is 38.0 Å². The van der Waals surface area contributed by atoms with Gasteiger partial charge in [0.1, 0.15) is 0 Å². The van der Waals surface area contributed by atoms with Crippen LogP contribution in [0.5, 0.6) is 0 Å². The molecule has 0 spiro atoms. The fraction of sp³-hybridized carbons (Fsp3) is 0.591. The molecule has 0 radical (unpaired) electrons. The van der Waals surface area contributed by atoms with Gasteiger partial charge in [-0.25, -0.2) is 4.79 Å². The van der Waals surface area contributed by atoms with Crippen molar-refractivity contribution >= 4 is 23.5 Å². The van der Waals surface area contributed by atoms with Gasteiger partial charge in [-0.1, -0.05) is 24.6 Å². The fourth-order valence-corrected chi connectivity index (χ4v) is 4.00. The first-order valence-corrected chi connectivity index (χ1v) is 10.8. The number of nitrogens with one attached hydrogen (secondary N) is 2. The van der Waals surface area contributed by atoms with Crippen molar-refractivity contribution in [2.24, 2.45) is 5.92 Å². The van der Waals surface area contributed by atoms with E-state index in [-0.39, 0.29) is 23.8 Å². The molecule has 7 nitrogen and oxygen atoms in total. The summed E-state index contributed by atoms with van der Waals surface area (Å²) < 4.78 is 0. The predicted molar refractivity (Wildman–Crippen MR) is 112 cm³/mol. The van der Waals surface area contributed by atoms with Crippen LogP contribution in [0.3, 0.4) is 0 Å². The SMILES string of the molecule is O=C(NCCCN1CCCCCC1=O)[C@@H]1CCCN(C(=O)Nc2ccccc2)C1. The Morgan fingerprint density at radius 3 is 2.69 bits per heavy atom. The molecule has 7 heteroatoms. The molecular weight excluding hydrogens is 368 g/mol. The average Bonchev–Trinajstić information content (AvgIpc) is 2.96. The van der Waals surface area contributed by atoms with Gasteiger partial charge < -0.3 is 20.4 Å². The van der Waals surface area contributed by atoms with Gasteiger partial charge in [-0.2, -0.15) is 0 Å². The maximum atomic E-state index is 12.5. The van der Waals surface area contributed by atoms with Crippen LogP contribution in [-0.4, -0.2) is 60.4 Å². The van der Waals surface area contributed by atoms with E-state index < -0.39 is 0 Å². The van der Waals surface area contributed by atoms with E-state index >= 15 is 0 Å². The molecule has 1 atom stereocenters. The standard InChI is InChI=1S/C22H32N4O3/c27-20-12-5-2-6-14-25(20)16-8-13-23-21(28)18-9-7-15-26(17-18)22(29)24-19-10-3-1-4-11-19/h1,3-4,10-11,18H,2,5-9,12-17H2,(H,23,28)(H,24,29)/t18-/m1/s1. The zero-order valence-electron chi connectivity index (χ0n) is 17.1. The molecule has 2 heterocycles. The van der Waals surface area contributed by atoms with E-state index in [2.05, 4.69) is 10.6 Å². The summed E-state index contributed by atoms with van der Waals surface area (Å²) in [7, 11) is 0. The van der Waals surface area contributed by atoms with Crippen molar-refractivity contribution in [3.8, 4) is 0 Å². The fourth-order valence-electron chi connectivity index (χ4n) is 4.00. The van der Waals surface area contributed by atoms with Gasteiger partial charge in [0.2, 0.25) is 11.8 Å². The number of hydrogen-bond donors (Lipinski definition) is 2. The van der Waals surface area contributed by atoms with Crippen LogP contribution in [0.2, 0.25) is 0 Å². The van der Waals surface area contributed by atoms with Gasteiger partial charge >= 0.3 is 6.03 Å². The number of hydrogen-bond acceptors (Lipinski definition) is 3. The van der Waals surface area contributed by atoms with Gasteiger partial charge in [0.15, 0.2) is 0 Å². The Morgan fingerprint density at radius 2 is 1.86 bits per heavy atom. The molecule has 0 unspecified atom stereocenters. The molecule has 2 fully saturated rings. The lowest BCUT2D eigenvalue weighted by atomic mass is 9.97. The number of nitrogens with zero attached hydrogens (tertiary/aromatic N) is 2.